The van der Waals surface area contributed by atoms with Crippen LogP contribution in [-0.2, 0) is 23.6 Å². The second kappa shape index (κ2) is 11.6. The maximum atomic E-state index is 9.40. The lowest BCUT2D eigenvalue weighted by Crippen LogP contribution is -2.30. The predicted octanol–water partition coefficient (Wildman–Crippen LogP) is 5.48. The van der Waals surface area contributed by atoms with E-state index >= 15 is 0 Å². The van der Waals surface area contributed by atoms with E-state index in [1.807, 2.05) is 51.9 Å². The summed E-state index contributed by atoms with van der Waals surface area (Å²) in [6.07, 6.45) is 4.27. The van der Waals surface area contributed by atoms with Gasteiger partial charge in [-0.25, -0.2) is 0 Å². The van der Waals surface area contributed by atoms with E-state index in [1.165, 1.54) is 0 Å². The van der Waals surface area contributed by atoms with E-state index in [0.29, 0.717) is 0 Å². The first-order valence-corrected chi connectivity index (χ1v) is 14.7. The normalized spacial score (nSPS) is 14.4. The van der Waals surface area contributed by atoms with Crippen molar-refractivity contribution in [1.29, 1.82) is 0 Å². The molecule has 0 aromatic heterocycles. The van der Waals surface area contributed by atoms with Crippen molar-refractivity contribution < 1.29 is 9.84 Å². The molecule has 164 valence electrons. The summed E-state index contributed by atoms with van der Waals surface area (Å²) in [5, 5.41) is 17.7. The van der Waals surface area contributed by atoms with Gasteiger partial charge in [-0.2, -0.15) is 0 Å². The van der Waals surface area contributed by atoms with Crippen molar-refractivity contribution in [2.75, 3.05) is 20.8 Å². The molecule has 0 aliphatic carbocycles. The molecule has 0 bridgehead atoms. The quantitative estimate of drug-likeness (QED) is 0.268. The second-order valence-corrected chi connectivity index (χ2v) is 13.2. The topological polar surface area (TPSA) is 60.7 Å². The number of hydrogen-bond acceptors (Lipinski definition) is 6. The van der Waals surface area contributed by atoms with Gasteiger partial charge in [0.2, 0.25) is 0 Å². The summed E-state index contributed by atoms with van der Waals surface area (Å²) in [5.41, 5.74) is 1.86. The Morgan fingerprint density at radius 1 is 0.968 bits per heavy atom. The second-order valence-electron chi connectivity index (χ2n) is 7.00. The standard InChI is InChI=1S/C21H27N4O2P2S2/c1-6-21(2,29(31)25(4)23-16-17-7-11-19(26)12-8-17)27-20-13-9-18(10-14-20)15-22-24(3)28(5)30/h7-16H,6H2,1-5H3/q+1/p+1. The molecule has 0 aliphatic heterocycles. The summed E-state index contributed by atoms with van der Waals surface area (Å²) in [6.45, 7) is 4.26. The number of phenols is 1. The molecule has 31 heavy (non-hydrogen) atoms. The zero-order valence-electron chi connectivity index (χ0n) is 18.3. The van der Waals surface area contributed by atoms with Gasteiger partial charge >= 0.3 is 13.7 Å². The van der Waals surface area contributed by atoms with E-state index in [2.05, 4.69) is 17.1 Å². The highest BCUT2D eigenvalue weighted by atomic mass is 32.4. The molecule has 0 saturated carbocycles. The first kappa shape index (κ1) is 25.3. The van der Waals surface area contributed by atoms with Crippen LogP contribution in [0.3, 0.4) is 0 Å². The average Bonchev–Trinajstić information content (AvgIpc) is 2.77. The minimum Gasteiger partial charge on any atom is -0.508 e. The smallest absolute Gasteiger partial charge is 0.358 e. The Morgan fingerprint density at radius 3 is 1.94 bits per heavy atom. The number of rotatable bonds is 10. The molecular formula is C21H28N4O2P2S2+2. The van der Waals surface area contributed by atoms with E-state index in [1.54, 1.807) is 46.3 Å². The Bertz CT molecular complexity index is 968. The maximum Gasteiger partial charge on any atom is 0.358 e. The fourth-order valence-electron chi connectivity index (χ4n) is 2.41. The maximum absolute atomic E-state index is 9.40. The van der Waals surface area contributed by atoms with E-state index in [0.717, 1.165) is 23.3 Å². The van der Waals surface area contributed by atoms with Crippen molar-refractivity contribution >= 4 is 49.7 Å². The molecule has 0 fully saturated rings. The summed E-state index contributed by atoms with van der Waals surface area (Å²) < 4.78 is 9.91. The highest BCUT2D eigenvalue weighted by Crippen LogP contribution is 2.45. The van der Waals surface area contributed by atoms with Crippen molar-refractivity contribution in [3.63, 3.8) is 0 Å². The fraction of sp³-hybridized carbons (Fsp3) is 0.333. The molecular weight excluding hydrogens is 466 g/mol. The van der Waals surface area contributed by atoms with Gasteiger partial charge in [-0.15, -0.1) is 19.8 Å². The number of hydrogen-bond donors (Lipinski definition) is 1. The molecule has 6 nitrogen and oxygen atoms in total. The zero-order chi connectivity index (χ0) is 23.0. The van der Waals surface area contributed by atoms with Crippen LogP contribution in [-0.4, -0.2) is 53.2 Å². The fourth-order valence-corrected chi connectivity index (χ4v) is 4.57. The van der Waals surface area contributed by atoms with Gasteiger partial charge in [0.15, 0.2) is 23.6 Å². The molecule has 1 N–H and O–H groups in total. The van der Waals surface area contributed by atoms with Gasteiger partial charge in [0.1, 0.15) is 18.2 Å². The van der Waals surface area contributed by atoms with Crippen molar-refractivity contribution in [2.45, 2.75) is 25.6 Å². The SMILES string of the molecule is CCC(C)(Oc1ccc(C=NN(C)[P+](C)=S)cc1)[P+](=S)N(C)N=Cc1ccc(O)cc1. The highest BCUT2D eigenvalue weighted by Gasteiger charge is 2.44. The van der Waals surface area contributed by atoms with E-state index < -0.39 is 19.0 Å². The number of aromatic hydroxyl groups is 1. The summed E-state index contributed by atoms with van der Waals surface area (Å²) in [4.78, 5) is 0. The molecule has 3 atom stereocenters. The summed E-state index contributed by atoms with van der Waals surface area (Å²) >= 11 is 11.1. The molecule has 10 heteroatoms. The number of benzene rings is 2. The Labute approximate surface area is 196 Å². The minimum absolute atomic E-state index is 0.225. The first-order valence-electron chi connectivity index (χ1n) is 9.66. The molecule has 0 heterocycles. The number of phenolic OH excluding ortho intramolecular Hbond substituents is 1. The molecule has 3 unspecified atom stereocenters. The summed E-state index contributed by atoms with van der Waals surface area (Å²) in [5.74, 6) is 0.979. The highest BCUT2D eigenvalue weighted by molar-refractivity contribution is 8.04. The van der Waals surface area contributed by atoms with E-state index in [-0.39, 0.29) is 5.75 Å². The molecule has 0 saturated heterocycles. The van der Waals surface area contributed by atoms with Crippen LogP contribution in [0, 0.1) is 0 Å². The number of hydrazone groups is 2. The van der Waals surface area contributed by atoms with Crippen LogP contribution in [0.1, 0.15) is 31.4 Å². The molecule has 2 aromatic rings. The largest absolute Gasteiger partial charge is 0.508 e. The zero-order valence-corrected chi connectivity index (χ0v) is 21.8. The average molecular weight is 495 g/mol. The lowest BCUT2D eigenvalue weighted by molar-refractivity contribution is 0.171. The van der Waals surface area contributed by atoms with Crippen LogP contribution in [0.5, 0.6) is 11.5 Å². The van der Waals surface area contributed by atoms with Crippen LogP contribution in [0.15, 0.2) is 58.7 Å². The van der Waals surface area contributed by atoms with Crippen LogP contribution in [0.4, 0.5) is 0 Å². The third-order valence-electron chi connectivity index (χ3n) is 4.59. The van der Waals surface area contributed by atoms with Gasteiger partial charge in [-0.1, -0.05) is 6.92 Å². The molecule has 2 rings (SSSR count). The van der Waals surface area contributed by atoms with Gasteiger partial charge in [0, 0.05) is 13.3 Å². The van der Waals surface area contributed by atoms with Gasteiger partial charge in [0.25, 0.3) is 5.34 Å². The van der Waals surface area contributed by atoms with Crippen LogP contribution >= 0.6 is 13.7 Å². The van der Waals surface area contributed by atoms with Gasteiger partial charge in [0.05, 0.1) is 26.5 Å². The number of nitrogens with zero attached hydrogens (tertiary/aromatic N) is 4. The first-order chi connectivity index (χ1) is 14.6. The van der Waals surface area contributed by atoms with Crippen LogP contribution < -0.4 is 4.74 Å². The Balaban J connectivity index is 2.07. The Kier molecular flexibility index (Phi) is 9.45. The van der Waals surface area contributed by atoms with Crippen molar-refractivity contribution in [2.24, 2.45) is 10.2 Å². The Hall–Kier alpha value is -1.98. The van der Waals surface area contributed by atoms with E-state index in [9.17, 15) is 5.11 Å². The van der Waals surface area contributed by atoms with Crippen molar-refractivity contribution in [1.82, 2.24) is 9.56 Å². The lowest BCUT2D eigenvalue weighted by atomic mass is 10.2. The van der Waals surface area contributed by atoms with Gasteiger partial charge < -0.3 is 9.84 Å². The van der Waals surface area contributed by atoms with Gasteiger partial charge in [-0.3, -0.25) is 0 Å². The number of ether oxygens (including phenoxy) is 1. The van der Waals surface area contributed by atoms with Gasteiger partial charge in [-0.05, 0) is 59.7 Å². The van der Waals surface area contributed by atoms with Crippen LogP contribution in [0.25, 0.3) is 0 Å². The predicted molar refractivity (Wildman–Crippen MR) is 139 cm³/mol. The molecule has 0 spiro atoms. The molecule has 0 aliphatic rings. The Morgan fingerprint density at radius 2 is 1.45 bits per heavy atom. The lowest BCUT2D eigenvalue weighted by Gasteiger charge is -2.23. The van der Waals surface area contributed by atoms with E-state index in [4.69, 9.17) is 28.4 Å². The monoisotopic (exact) mass is 494 g/mol. The van der Waals surface area contributed by atoms with Crippen molar-refractivity contribution in [3.05, 3.63) is 59.7 Å². The molecule has 0 amide bonds. The third-order valence-corrected chi connectivity index (χ3v) is 9.93. The van der Waals surface area contributed by atoms with Crippen molar-refractivity contribution in [3.8, 4) is 11.5 Å². The minimum atomic E-state index is -1.14. The molecule has 2 aromatic carbocycles. The van der Waals surface area contributed by atoms with Crippen LogP contribution in [0.2, 0.25) is 0 Å². The summed E-state index contributed by atoms with van der Waals surface area (Å²) in [6, 6.07) is 14.6. The summed E-state index contributed by atoms with van der Waals surface area (Å²) in [7, 11) is 3.75. The third kappa shape index (κ3) is 7.58. The molecule has 0 radical (unpaired) electrons.